The highest BCUT2D eigenvalue weighted by Crippen LogP contribution is 2.40. The molecule has 1 N–H and O–H groups in total. The maximum Gasteiger partial charge on any atom is 0.159 e. The van der Waals surface area contributed by atoms with Crippen molar-refractivity contribution in [3.8, 4) is 11.3 Å². The fourth-order valence-corrected chi connectivity index (χ4v) is 5.04. The number of anilines is 1. The number of H-pyrrole nitrogens is 1. The molecule has 2 saturated heterocycles. The predicted octanol–water partition coefficient (Wildman–Crippen LogP) is 4.73. The van der Waals surface area contributed by atoms with Gasteiger partial charge in [0.25, 0.3) is 0 Å². The lowest BCUT2D eigenvalue weighted by Gasteiger charge is -2.49. The van der Waals surface area contributed by atoms with Gasteiger partial charge in [-0.25, -0.2) is 18.7 Å². The molecule has 5 nitrogen and oxygen atoms in total. The fourth-order valence-electron chi connectivity index (χ4n) is 5.04. The Morgan fingerprint density at radius 2 is 1.68 bits per heavy atom. The topological polar surface area (TPSA) is 48.1 Å². The lowest BCUT2D eigenvalue weighted by atomic mass is 9.83. The first-order chi connectivity index (χ1) is 15.2. The molecule has 0 atom stereocenters. The first kappa shape index (κ1) is 20.1. The van der Waals surface area contributed by atoms with Gasteiger partial charge in [-0.15, -0.1) is 0 Å². The summed E-state index contributed by atoms with van der Waals surface area (Å²) in [5, 5.41) is 0. The first-order valence-electron chi connectivity index (χ1n) is 11.1. The van der Waals surface area contributed by atoms with Crippen LogP contribution < -0.4 is 4.90 Å². The second-order valence-corrected chi connectivity index (χ2v) is 8.53. The minimum absolute atomic E-state index is 0.178. The van der Waals surface area contributed by atoms with Gasteiger partial charge >= 0.3 is 0 Å². The Labute approximate surface area is 181 Å². The predicted molar refractivity (Wildman–Crippen MR) is 117 cm³/mol. The number of benzene rings is 1. The Balaban J connectivity index is 1.45. The summed E-state index contributed by atoms with van der Waals surface area (Å²) < 4.78 is 27.1. The number of aromatic amines is 1. The molecule has 162 valence electrons. The van der Waals surface area contributed by atoms with Gasteiger partial charge in [0.15, 0.2) is 11.6 Å². The molecule has 0 radical (unpaired) electrons. The van der Waals surface area contributed by atoms with E-state index in [-0.39, 0.29) is 5.54 Å². The van der Waals surface area contributed by atoms with Gasteiger partial charge in [0, 0.05) is 24.8 Å². The standard InChI is InChI=1S/C24H27F2N5/c25-19-8-7-18(16-20(19)26)21-17-28-23(29-21)24(31-12-4-1-5-13-31)9-14-30(15-10-24)22-6-2-3-11-27-22/h2-3,6-8,11,16-17H,1,4-5,9-10,12-15H2,(H,28,29). The molecule has 7 heteroatoms. The summed E-state index contributed by atoms with van der Waals surface area (Å²) in [5.74, 6) is 0.254. The summed E-state index contributed by atoms with van der Waals surface area (Å²) in [7, 11) is 0. The van der Waals surface area contributed by atoms with Crippen LogP contribution in [0.15, 0.2) is 48.8 Å². The third-order valence-corrected chi connectivity index (χ3v) is 6.77. The minimum Gasteiger partial charge on any atom is -0.356 e. The number of hydrogen-bond donors (Lipinski definition) is 1. The van der Waals surface area contributed by atoms with Crippen molar-refractivity contribution >= 4 is 5.82 Å². The molecule has 0 spiro atoms. The Bertz CT molecular complexity index is 1020. The van der Waals surface area contributed by atoms with Gasteiger partial charge in [0.05, 0.1) is 17.4 Å². The summed E-state index contributed by atoms with van der Waals surface area (Å²) in [5.41, 5.74) is 1.15. The molecule has 3 aromatic rings. The van der Waals surface area contributed by atoms with E-state index in [9.17, 15) is 8.78 Å². The van der Waals surface area contributed by atoms with Gasteiger partial charge in [-0.3, -0.25) is 4.90 Å². The SMILES string of the molecule is Fc1ccc(-c2cnc(C3(N4CCCCC4)CCN(c4ccccn4)CC3)[nH]2)cc1F. The van der Waals surface area contributed by atoms with E-state index in [0.717, 1.165) is 62.4 Å². The van der Waals surface area contributed by atoms with Crippen molar-refractivity contribution in [2.24, 2.45) is 0 Å². The Hall–Kier alpha value is -2.80. The average molecular weight is 424 g/mol. The molecular formula is C24H27F2N5. The molecule has 4 heterocycles. The Kier molecular flexibility index (Phi) is 5.44. The molecule has 2 aliphatic heterocycles. The summed E-state index contributed by atoms with van der Waals surface area (Å²) in [6.45, 7) is 3.92. The number of rotatable bonds is 4. The molecule has 0 unspecified atom stereocenters. The normalized spacial score (nSPS) is 19.5. The molecule has 0 saturated carbocycles. The zero-order valence-electron chi connectivity index (χ0n) is 17.5. The monoisotopic (exact) mass is 423 g/mol. The number of aromatic nitrogens is 3. The Morgan fingerprint density at radius 3 is 2.39 bits per heavy atom. The maximum absolute atomic E-state index is 13.8. The van der Waals surface area contributed by atoms with Crippen molar-refractivity contribution < 1.29 is 8.78 Å². The van der Waals surface area contributed by atoms with Crippen LogP contribution in [0.1, 0.15) is 37.9 Å². The van der Waals surface area contributed by atoms with Crippen LogP contribution >= 0.6 is 0 Å². The van der Waals surface area contributed by atoms with Crippen LogP contribution in [0.2, 0.25) is 0 Å². The summed E-state index contributed by atoms with van der Waals surface area (Å²) >= 11 is 0. The molecule has 0 amide bonds. The number of nitrogens with one attached hydrogen (secondary N) is 1. The zero-order valence-corrected chi connectivity index (χ0v) is 17.5. The number of likely N-dealkylation sites (tertiary alicyclic amines) is 1. The molecule has 0 aliphatic carbocycles. The third-order valence-electron chi connectivity index (χ3n) is 6.77. The second kappa shape index (κ2) is 8.38. The van der Waals surface area contributed by atoms with Crippen molar-refractivity contribution in [3.05, 3.63) is 66.3 Å². The van der Waals surface area contributed by atoms with E-state index in [4.69, 9.17) is 4.98 Å². The highest BCUT2D eigenvalue weighted by Gasteiger charge is 2.44. The van der Waals surface area contributed by atoms with Gasteiger partial charge in [0.2, 0.25) is 0 Å². The number of pyridine rings is 1. The summed E-state index contributed by atoms with van der Waals surface area (Å²) in [6.07, 6.45) is 9.12. The van der Waals surface area contributed by atoms with Gasteiger partial charge in [0.1, 0.15) is 11.6 Å². The van der Waals surface area contributed by atoms with Crippen LogP contribution in [-0.4, -0.2) is 46.0 Å². The number of nitrogens with zero attached hydrogens (tertiary/aromatic N) is 4. The molecule has 1 aromatic carbocycles. The quantitative estimate of drug-likeness (QED) is 0.659. The lowest BCUT2D eigenvalue weighted by Crippen LogP contribution is -2.55. The molecular weight excluding hydrogens is 396 g/mol. The van der Waals surface area contributed by atoms with Crippen molar-refractivity contribution in [1.82, 2.24) is 19.9 Å². The van der Waals surface area contributed by atoms with Crippen molar-refractivity contribution in [2.75, 3.05) is 31.1 Å². The average Bonchev–Trinajstić information content (AvgIpc) is 3.33. The van der Waals surface area contributed by atoms with Crippen LogP contribution in [0.5, 0.6) is 0 Å². The van der Waals surface area contributed by atoms with Gasteiger partial charge in [-0.2, -0.15) is 0 Å². The van der Waals surface area contributed by atoms with E-state index >= 15 is 0 Å². The van der Waals surface area contributed by atoms with Crippen LogP contribution in [0.3, 0.4) is 0 Å². The van der Waals surface area contributed by atoms with Crippen LogP contribution in [0.25, 0.3) is 11.3 Å². The van der Waals surface area contributed by atoms with E-state index in [1.54, 1.807) is 12.3 Å². The smallest absolute Gasteiger partial charge is 0.159 e. The highest BCUT2D eigenvalue weighted by atomic mass is 19.2. The number of halogens is 2. The van der Waals surface area contributed by atoms with Crippen molar-refractivity contribution in [1.29, 1.82) is 0 Å². The van der Waals surface area contributed by atoms with E-state index in [2.05, 4.69) is 25.8 Å². The highest BCUT2D eigenvalue weighted by molar-refractivity contribution is 5.58. The van der Waals surface area contributed by atoms with Crippen LogP contribution in [-0.2, 0) is 5.54 Å². The first-order valence-corrected chi connectivity index (χ1v) is 11.1. The number of imidazole rings is 1. The Morgan fingerprint density at radius 1 is 0.871 bits per heavy atom. The third kappa shape index (κ3) is 3.82. The molecule has 31 heavy (non-hydrogen) atoms. The molecule has 2 fully saturated rings. The van der Waals surface area contributed by atoms with E-state index in [1.807, 2.05) is 18.3 Å². The van der Waals surface area contributed by atoms with E-state index in [1.165, 1.54) is 25.3 Å². The largest absolute Gasteiger partial charge is 0.356 e. The van der Waals surface area contributed by atoms with Gasteiger partial charge in [-0.05, 0) is 69.1 Å². The van der Waals surface area contributed by atoms with Crippen LogP contribution in [0.4, 0.5) is 14.6 Å². The molecule has 5 rings (SSSR count). The maximum atomic E-state index is 13.8. The van der Waals surface area contributed by atoms with E-state index < -0.39 is 11.6 Å². The fraction of sp³-hybridized carbons (Fsp3) is 0.417. The number of hydrogen-bond acceptors (Lipinski definition) is 4. The lowest BCUT2D eigenvalue weighted by molar-refractivity contribution is 0.0346. The van der Waals surface area contributed by atoms with Crippen molar-refractivity contribution in [3.63, 3.8) is 0 Å². The minimum atomic E-state index is -0.844. The van der Waals surface area contributed by atoms with E-state index in [0.29, 0.717) is 5.56 Å². The van der Waals surface area contributed by atoms with Crippen LogP contribution in [0, 0.1) is 11.6 Å². The van der Waals surface area contributed by atoms with Gasteiger partial charge < -0.3 is 9.88 Å². The number of piperidine rings is 2. The summed E-state index contributed by atoms with van der Waals surface area (Å²) in [4.78, 5) is 17.7. The van der Waals surface area contributed by atoms with Gasteiger partial charge in [-0.1, -0.05) is 12.5 Å². The zero-order chi connectivity index (χ0) is 21.3. The molecule has 2 aromatic heterocycles. The second-order valence-electron chi connectivity index (χ2n) is 8.53. The molecule has 0 bridgehead atoms. The molecule has 2 aliphatic rings. The van der Waals surface area contributed by atoms with Crippen molar-refractivity contribution in [2.45, 2.75) is 37.6 Å². The summed E-state index contributed by atoms with van der Waals surface area (Å²) in [6, 6.07) is 10.00.